The lowest BCUT2D eigenvalue weighted by Crippen LogP contribution is -2.11. The first-order valence-electron chi connectivity index (χ1n) is 6.39. The van der Waals surface area contributed by atoms with Crippen molar-refractivity contribution < 1.29 is 13.9 Å². The molecule has 0 spiro atoms. The van der Waals surface area contributed by atoms with Crippen LogP contribution in [-0.2, 0) is 0 Å². The lowest BCUT2D eigenvalue weighted by Gasteiger charge is -2.07. The van der Waals surface area contributed by atoms with Crippen molar-refractivity contribution in [3.63, 3.8) is 0 Å². The maximum absolute atomic E-state index is 13.6. The standard InChI is InChI=1S/C16H13FN2O2/c1-21-15-5-3-12(9-13(15)17)19-16(20)11-2-4-14-10(8-11)6-7-18-14/h2-9,18H,1H3,(H,19,20). The molecule has 3 rings (SSSR count). The van der Waals surface area contributed by atoms with Gasteiger partial charge in [0.25, 0.3) is 5.91 Å². The van der Waals surface area contributed by atoms with E-state index < -0.39 is 5.82 Å². The molecule has 4 nitrogen and oxygen atoms in total. The largest absolute Gasteiger partial charge is 0.494 e. The Hall–Kier alpha value is -2.82. The van der Waals surface area contributed by atoms with E-state index in [0.717, 1.165) is 10.9 Å². The normalized spacial score (nSPS) is 10.6. The van der Waals surface area contributed by atoms with Crippen molar-refractivity contribution in [3.05, 3.63) is 60.0 Å². The third-order valence-electron chi connectivity index (χ3n) is 3.23. The average Bonchev–Trinajstić information content (AvgIpc) is 2.94. The second-order valence-electron chi connectivity index (χ2n) is 4.58. The second-order valence-corrected chi connectivity index (χ2v) is 4.58. The molecule has 0 aliphatic carbocycles. The first-order valence-corrected chi connectivity index (χ1v) is 6.39. The number of halogens is 1. The molecule has 1 amide bonds. The fourth-order valence-corrected chi connectivity index (χ4v) is 2.14. The number of fused-ring (bicyclic) bond motifs is 1. The van der Waals surface area contributed by atoms with Gasteiger partial charge in [-0.05, 0) is 36.4 Å². The Morgan fingerprint density at radius 2 is 2.05 bits per heavy atom. The first kappa shape index (κ1) is 13.2. The van der Waals surface area contributed by atoms with Gasteiger partial charge in [0.15, 0.2) is 11.6 Å². The van der Waals surface area contributed by atoms with E-state index in [1.165, 1.54) is 19.2 Å². The number of hydrogen-bond acceptors (Lipinski definition) is 2. The highest BCUT2D eigenvalue weighted by Crippen LogP contribution is 2.21. The van der Waals surface area contributed by atoms with Crippen molar-refractivity contribution in [1.29, 1.82) is 0 Å². The quantitative estimate of drug-likeness (QED) is 0.772. The van der Waals surface area contributed by atoms with Crippen molar-refractivity contribution in [2.75, 3.05) is 12.4 Å². The van der Waals surface area contributed by atoms with E-state index in [-0.39, 0.29) is 11.7 Å². The molecule has 1 aromatic heterocycles. The number of amides is 1. The number of benzene rings is 2. The minimum absolute atomic E-state index is 0.141. The molecule has 0 unspecified atom stereocenters. The molecule has 0 aliphatic rings. The number of carbonyl (C=O) groups is 1. The first-order chi connectivity index (χ1) is 10.2. The van der Waals surface area contributed by atoms with Crippen LogP contribution in [0.5, 0.6) is 5.75 Å². The van der Waals surface area contributed by atoms with Gasteiger partial charge in [-0.2, -0.15) is 0 Å². The fraction of sp³-hybridized carbons (Fsp3) is 0.0625. The molecule has 3 aromatic rings. The number of hydrogen-bond donors (Lipinski definition) is 2. The number of aromatic nitrogens is 1. The Kier molecular flexibility index (Phi) is 3.31. The maximum Gasteiger partial charge on any atom is 0.255 e. The topological polar surface area (TPSA) is 54.1 Å². The van der Waals surface area contributed by atoms with Gasteiger partial charge in [-0.3, -0.25) is 4.79 Å². The van der Waals surface area contributed by atoms with Crippen LogP contribution in [0.1, 0.15) is 10.4 Å². The van der Waals surface area contributed by atoms with Crippen LogP contribution in [0.2, 0.25) is 0 Å². The van der Waals surface area contributed by atoms with E-state index in [1.807, 2.05) is 18.3 Å². The minimum Gasteiger partial charge on any atom is -0.494 e. The summed E-state index contributed by atoms with van der Waals surface area (Å²) in [6.07, 6.45) is 1.81. The number of ether oxygens (including phenoxy) is 1. The van der Waals surface area contributed by atoms with Gasteiger partial charge in [0.1, 0.15) is 0 Å². The third kappa shape index (κ3) is 2.58. The summed E-state index contributed by atoms with van der Waals surface area (Å²) in [5.41, 5.74) is 1.85. The molecule has 5 heteroatoms. The van der Waals surface area contributed by atoms with Crippen LogP contribution in [0, 0.1) is 5.82 Å². The van der Waals surface area contributed by atoms with Crippen molar-refractivity contribution in [3.8, 4) is 5.75 Å². The number of anilines is 1. The van der Waals surface area contributed by atoms with Crippen LogP contribution in [-0.4, -0.2) is 18.0 Å². The van der Waals surface area contributed by atoms with E-state index in [0.29, 0.717) is 11.3 Å². The van der Waals surface area contributed by atoms with Crippen molar-refractivity contribution >= 4 is 22.5 Å². The number of nitrogens with one attached hydrogen (secondary N) is 2. The third-order valence-corrected chi connectivity index (χ3v) is 3.23. The molecule has 0 bridgehead atoms. The summed E-state index contributed by atoms with van der Waals surface area (Å²) in [6, 6.07) is 11.5. The number of methoxy groups -OCH3 is 1. The summed E-state index contributed by atoms with van der Waals surface area (Å²) in [7, 11) is 1.39. The predicted octanol–water partition coefficient (Wildman–Crippen LogP) is 3.57. The molecular weight excluding hydrogens is 271 g/mol. The molecule has 0 radical (unpaired) electrons. The summed E-state index contributed by atoms with van der Waals surface area (Å²) >= 11 is 0. The Morgan fingerprint density at radius 1 is 1.19 bits per heavy atom. The Balaban J connectivity index is 1.83. The highest BCUT2D eigenvalue weighted by atomic mass is 19.1. The number of aromatic amines is 1. The number of H-pyrrole nitrogens is 1. The summed E-state index contributed by atoms with van der Waals surface area (Å²) in [5, 5.41) is 3.61. The van der Waals surface area contributed by atoms with Crippen LogP contribution in [0.4, 0.5) is 10.1 Å². The summed E-state index contributed by atoms with van der Waals surface area (Å²) in [4.78, 5) is 15.2. The molecule has 2 aromatic carbocycles. The van der Waals surface area contributed by atoms with Crippen LogP contribution < -0.4 is 10.1 Å². The average molecular weight is 284 g/mol. The second kappa shape index (κ2) is 5.28. The van der Waals surface area contributed by atoms with Crippen LogP contribution in [0.3, 0.4) is 0 Å². The van der Waals surface area contributed by atoms with Crippen LogP contribution >= 0.6 is 0 Å². The SMILES string of the molecule is COc1ccc(NC(=O)c2ccc3[nH]ccc3c2)cc1F. The van der Waals surface area contributed by atoms with Crippen LogP contribution in [0.25, 0.3) is 10.9 Å². The van der Waals surface area contributed by atoms with Gasteiger partial charge in [0.05, 0.1) is 7.11 Å². The molecular formula is C16H13FN2O2. The molecule has 1 heterocycles. The van der Waals surface area contributed by atoms with Gasteiger partial charge in [-0.1, -0.05) is 0 Å². The maximum atomic E-state index is 13.6. The predicted molar refractivity (Wildman–Crippen MR) is 79.2 cm³/mol. The zero-order valence-electron chi connectivity index (χ0n) is 11.3. The van der Waals surface area contributed by atoms with E-state index >= 15 is 0 Å². The summed E-state index contributed by atoms with van der Waals surface area (Å²) in [6.45, 7) is 0. The summed E-state index contributed by atoms with van der Waals surface area (Å²) in [5.74, 6) is -0.666. The van der Waals surface area contributed by atoms with E-state index in [9.17, 15) is 9.18 Å². The Morgan fingerprint density at radius 3 is 2.81 bits per heavy atom. The molecule has 0 fully saturated rings. The van der Waals surface area contributed by atoms with Gasteiger partial charge < -0.3 is 15.0 Å². The lowest BCUT2D eigenvalue weighted by atomic mass is 10.1. The highest BCUT2D eigenvalue weighted by Gasteiger charge is 2.09. The van der Waals surface area contributed by atoms with Crippen molar-refractivity contribution in [2.24, 2.45) is 0 Å². The molecule has 0 saturated heterocycles. The number of carbonyl (C=O) groups excluding carboxylic acids is 1. The molecule has 0 saturated carbocycles. The Labute approximate surface area is 120 Å². The van der Waals surface area contributed by atoms with Gasteiger partial charge in [-0.25, -0.2) is 4.39 Å². The monoisotopic (exact) mass is 284 g/mol. The van der Waals surface area contributed by atoms with Gasteiger partial charge in [0.2, 0.25) is 0 Å². The van der Waals surface area contributed by atoms with Gasteiger partial charge >= 0.3 is 0 Å². The zero-order valence-corrected chi connectivity index (χ0v) is 11.3. The van der Waals surface area contributed by atoms with Gasteiger partial charge in [-0.15, -0.1) is 0 Å². The Bertz CT molecular complexity index is 811. The van der Waals surface area contributed by atoms with Gasteiger partial charge in [0, 0.05) is 34.4 Å². The van der Waals surface area contributed by atoms with Crippen molar-refractivity contribution in [2.45, 2.75) is 0 Å². The molecule has 0 aliphatic heterocycles. The molecule has 2 N–H and O–H groups in total. The lowest BCUT2D eigenvalue weighted by molar-refractivity contribution is 0.102. The number of rotatable bonds is 3. The van der Waals surface area contributed by atoms with E-state index in [4.69, 9.17) is 4.74 Å². The fourth-order valence-electron chi connectivity index (χ4n) is 2.14. The van der Waals surface area contributed by atoms with Crippen molar-refractivity contribution in [1.82, 2.24) is 4.98 Å². The smallest absolute Gasteiger partial charge is 0.255 e. The molecule has 0 atom stereocenters. The van der Waals surface area contributed by atoms with Crippen LogP contribution in [0.15, 0.2) is 48.7 Å². The highest BCUT2D eigenvalue weighted by molar-refractivity contribution is 6.06. The minimum atomic E-state index is -0.517. The molecule has 106 valence electrons. The van der Waals surface area contributed by atoms with E-state index in [1.54, 1.807) is 18.2 Å². The zero-order chi connectivity index (χ0) is 14.8. The summed E-state index contributed by atoms with van der Waals surface area (Å²) < 4.78 is 18.4. The molecule has 21 heavy (non-hydrogen) atoms. The van der Waals surface area contributed by atoms with E-state index in [2.05, 4.69) is 10.3 Å².